The Bertz CT molecular complexity index is 1380. The van der Waals surface area contributed by atoms with Gasteiger partial charge in [-0.3, -0.25) is 0 Å². The van der Waals surface area contributed by atoms with Crippen LogP contribution in [0.1, 0.15) is 57.7 Å². The van der Waals surface area contributed by atoms with Gasteiger partial charge in [-0.25, -0.2) is 14.6 Å². The Balaban J connectivity index is 1.65. The van der Waals surface area contributed by atoms with Gasteiger partial charge in [0.15, 0.2) is 5.17 Å². The first-order valence-electron chi connectivity index (χ1n) is 13.7. The summed E-state index contributed by atoms with van der Waals surface area (Å²) >= 11 is 13.9. The average molecular weight is 603 g/mol. The molecule has 40 heavy (non-hydrogen) atoms. The number of likely N-dealkylation sites (tertiary alicyclic amines) is 1. The summed E-state index contributed by atoms with van der Waals surface area (Å²) in [6.45, 7) is 8.59. The highest BCUT2D eigenvalue weighted by Crippen LogP contribution is 2.56. The van der Waals surface area contributed by atoms with Crippen LogP contribution in [0.25, 0.3) is 0 Å². The minimum Gasteiger partial charge on any atom is -0.395 e. The van der Waals surface area contributed by atoms with E-state index in [1.807, 2.05) is 55.5 Å². The lowest BCUT2D eigenvalue weighted by molar-refractivity contribution is -0.782. The number of quaternary nitrogens is 1. The van der Waals surface area contributed by atoms with E-state index in [0.717, 1.165) is 34.8 Å². The van der Waals surface area contributed by atoms with Crippen molar-refractivity contribution in [2.45, 2.75) is 58.2 Å². The van der Waals surface area contributed by atoms with Gasteiger partial charge in [0.05, 0.1) is 19.2 Å². The highest BCUT2D eigenvalue weighted by molar-refractivity contribution is 8.18. The van der Waals surface area contributed by atoms with Crippen molar-refractivity contribution < 1.29 is 19.2 Å². The molecule has 3 aliphatic heterocycles. The van der Waals surface area contributed by atoms with E-state index in [1.54, 1.807) is 0 Å². The summed E-state index contributed by atoms with van der Waals surface area (Å²) < 4.78 is -0.292. The number of carbonyl (C=O) groups excluding carboxylic acids is 2. The van der Waals surface area contributed by atoms with Crippen LogP contribution in [-0.2, 0) is 10.3 Å². The molecule has 3 amide bonds. The number of rotatable bonds is 6. The quantitative estimate of drug-likeness (QED) is 0.371. The molecule has 3 heterocycles. The standard InChI is InChI=1S/C30H34Cl2N4O3S/c1-18(2)24-25(27(38)36(16-5-6-19(36)3)29(39)33-15-17-37)40-28-34-30(4,21-9-13-23(32)14-10-21)26(35(24)28)20-7-11-22(31)12-8-20/h7-14,18-19,26,37H,5-6,15-17H2,1-4H3/p+1/t19-,26-,30+,36?/m1/s1. The maximum absolute atomic E-state index is 14.5. The molecule has 0 radical (unpaired) electrons. The van der Waals surface area contributed by atoms with E-state index in [0.29, 0.717) is 21.5 Å². The maximum Gasteiger partial charge on any atom is 0.424 e. The number of aliphatic imine (C=N–C) groups is 1. The predicted molar refractivity (Wildman–Crippen MR) is 161 cm³/mol. The van der Waals surface area contributed by atoms with Crippen LogP contribution in [0.3, 0.4) is 0 Å². The molecule has 3 aliphatic rings. The molecule has 0 saturated carbocycles. The number of hydrogen-bond donors (Lipinski definition) is 2. The van der Waals surface area contributed by atoms with Gasteiger partial charge in [0, 0.05) is 35.1 Å². The molecule has 1 unspecified atom stereocenters. The van der Waals surface area contributed by atoms with Gasteiger partial charge in [-0.05, 0) is 66.9 Å². The van der Waals surface area contributed by atoms with E-state index in [4.69, 9.17) is 28.2 Å². The van der Waals surface area contributed by atoms with Crippen molar-refractivity contribution in [2.75, 3.05) is 19.7 Å². The second-order valence-electron chi connectivity index (χ2n) is 11.2. The minimum absolute atomic E-state index is 0.0139. The van der Waals surface area contributed by atoms with Gasteiger partial charge in [-0.15, -0.1) is 0 Å². The fraction of sp³-hybridized carbons (Fsp3) is 0.433. The molecule has 0 bridgehead atoms. The number of allylic oxidation sites excluding steroid dienone is 1. The van der Waals surface area contributed by atoms with E-state index in [9.17, 15) is 14.7 Å². The Morgan fingerprint density at radius 3 is 2.33 bits per heavy atom. The number of urea groups is 1. The van der Waals surface area contributed by atoms with Gasteiger partial charge < -0.3 is 15.3 Å². The molecule has 0 spiro atoms. The summed E-state index contributed by atoms with van der Waals surface area (Å²) in [6, 6.07) is 14.8. The maximum atomic E-state index is 14.5. The third-order valence-electron chi connectivity index (χ3n) is 8.36. The molecule has 1 fully saturated rings. The smallest absolute Gasteiger partial charge is 0.395 e. The Labute approximate surface area is 249 Å². The molecule has 212 valence electrons. The van der Waals surface area contributed by atoms with E-state index < -0.39 is 5.54 Å². The van der Waals surface area contributed by atoms with Crippen LogP contribution in [0.5, 0.6) is 0 Å². The number of carbonyl (C=O) groups is 2. The zero-order valence-corrected chi connectivity index (χ0v) is 25.5. The zero-order valence-electron chi connectivity index (χ0n) is 23.2. The van der Waals surface area contributed by atoms with Gasteiger partial charge in [0.2, 0.25) is 0 Å². The fourth-order valence-electron chi connectivity index (χ4n) is 6.32. The molecule has 2 N–H and O–H groups in total. The number of nitrogens with one attached hydrogen (secondary N) is 1. The molecule has 10 heteroatoms. The van der Waals surface area contributed by atoms with Crippen molar-refractivity contribution in [1.29, 1.82) is 0 Å². The van der Waals surface area contributed by atoms with Crippen LogP contribution in [0.4, 0.5) is 4.79 Å². The predicted octanol–water partition coefficient (Wildman–Crippen LogP) is 6.46. The third-order valence-corrected chi connectivity index (χ3v) is 9.93. The number of amides is 3. The first kappa shape index (κ1) is 29.1. The van der Waals surface area contributed by atoms with E-state index in [1.165, 1.54) is 11.8 Å². The molecule has 2 aromatic rings. The van der Waals surface area contributed by atoms with Gasteiger partial charge in [-0.1, -0.05) is 61.3 Å². The highest BCUT2D eigenvalue weighted by Gasteiger charge is 2.59. The number of benzene rings is 2. The number of aliphatic hydroxyl groups excluding tert-OH is 1. The second-order valence-corrected chi connectivity index (χ2v) is 13.0. The van der Waals surface area contributed by atoms with Crippen LogP contribution in [0, 0.1) is 5.92 Å². The lowest BCUT2D eigenvalue weighted by Gasteiger charge is -2.37. The fourth-order valence-corrected chi connectivity index (χ4v) is 7.98. The Kier molecular flexibility index (Phi) is 8.12. The van der Waals surface area contributed by atoms with E-state index in [2.05, 4.69) is 31.0 Å². The molecule has 0 aromatic heterocycles. The highest BCUT2D eigenvalue weighted by atomic mass is 35.5. The van der Waals surface area contributed by atoms with E-state index >= 15 is 0 Å². The average Bonchev–Trinajstić information content (AvgIpc) is 3.57. The van der Waals surface area contributed by atoms with Crippen molar-refractivity contribution >= 4 is 52.1 Å². The minimum atomic E-state index is -0.666. The Morgan fingerprint density at radius 2 is 1.77 bits per heavy atom. The Hall–Kier alpha value is -2.36. The summed E-state index contributed by atoms with van der Waals surface area (Å²) in [6.07, 6.45) is 1.56. The lowest BCUT2D eigenvalue weighted by atomic mass is 9.81. The monoisotopic (exact) mass is 601 g/mol. The van der Waals surface area contributed by atoms with Crippen molar-refractivity contribution in [2.24, 2.45) is 10.9 Å². The third kappa shape index (κ3) is 4.68. The van der Waals surface area contributed by atoms with Crippen LogP contribution in [0.2, 0.25) is 10.0 Å². The van der Waals surface area contributed by atoms with Crippen molar-refractivity contribution in [3.63, 3.8) is 0 Å². The van der Waals surface area contributed by atoms with Crippen molar-refractivity contribution in [3.05, 3.63) is 80.3 Å². The number of imide groups is 1. The number of nitrogens with zero attached hydrogens (tertiary/aromatic N) is 3. The number of thioether (sulfide) groups is 1. The molecule has 5 rings (SSSR count). The molecule has 4 atom stereocenters. The number of hydrogen-bond acceptors (Lipinski definition) is 6. The van der Waals surface area contributed by atoms with E-state index in [-0.39, 0.29) is 47.6 Å². The summed E-state index contributed by atoms with van der Waals surface area (Å²) in [5, 5.41) is 14.2. The number of amidine groups is 1. The molecule has 7 nitrogen and oxygen atoms in total. The summed E-state index contributed by atoms with van der Waals surface area (Å²) in [5.41, 5.74) is 2.24. The van der Waals surface area contributed by atoms with Gasteiger partial charge in [0.1, 0.15) is 16.5 Å². The largest absolute Gasteiger partial charge is 0.424 e. The summed E-state index contributed by atoms with van der Waals surface area (Å²) in [5.74, 6) is -0.214. The van der Waals surface area contributed by atoms with Gasteiger partial charge >= 0.3 is 11.9 Å². The lowest BCUT2D eigenvalue weighted by Crippen LogP contribution is -2.63. The SMILES string of the molecule is CC(C)C1=C(C(=O)[N+]2(C(=O)NCCO)CCC[C@H]2C)SC2=N[C@@](C)(c3ccc(Cl)cc3)[C@@H](c3ccc(Cl)cc3)N21. The molecular weight excluding hydrogens is 567 g/mol. The zero-order chi connectivity index (χ0) is 28.8. The van der Waals surface area contributed by atoms with Gasteiger partial charge in [0.25, 0.3) is 0 Å². The topological polar surface area (TPSA) is 82.0 Å². The number of fused-ring (bicyclic) bond motifs is 1. The number of aliphatic hydroxyl groups is 1. The summed E-state index contributed by atoms with van der Waals surface area (Å²) in [4.78, 5) is 36.1. The Morgan fingerprint density at radius 1 is 1.15 bits per heavy atom. The molecule has 1 saturated heterocycles. The molecular formula is C30H35Cl2N4O3S+. The van der Waals surface area contributed by atoms with Crippen molar-refractivity contribution in [1.82, 2.24) is 10.2 Å². The number of halogens is 2. The second kappa shape index (κ2) is 11.1. The van der Waals surface area contributed by atoms with Crippen LogP contribution in [-0.4, -0.2) is 57.3 Å². The summed E-state index contributed by atoms with van der Waals surface area (Å²) in [7, 11) is 0. The van der Waals surface area contributed by atoms with Crippen LogP contribution >= 0.6 is 35.0 Å². The van der Waals surface area contributed by atoms with Gasteiger partial charge in [-0.2, -0.15) is 4.48 Å². The molecule has 0 aliphatic carbocycles. The van der Waals surface area contributed by atoms with Crippen LogP contribution < -0.4 is 5.32 Å². The normalized spacial score (nSPS) is 27.8. The van der Waals surface area contributed by atoms with Crippen molar-refractivity contribution in [3.8, 4) is 0 Å². The van der Waals surface area contributed by atoms with Crippen LogP contribution in [0.15, 0.2) is 64.1 Å². The molecule has 2 aromatic carbocycles. The first-order valence-corrected chi connectivity index (χ1v) is 15.3. The first-order chi connectivity index (χ1) is 19.0.